The molecule has 2 saturated heterocycles. The lowest BCUT2D eigenvalue weighted by Gasteiger charge is -2.46. The maximum atomic E-state index is 2.80. The molecule has 2 rings (SSSR count). The van der Waals surface area contributed by atoms with Crippen LogP contribution in [0.2, 0.25) is 0 Å². The monoisotopic (exact) mass is 324 g/mol. The van der Waals surface area contributed by atoms with E-state index in [1.54, 1.807) is 0 Å². The van der Waals surface area contributed by atoms with E-state index >= 15 is 0 Å². The minimum atomic E-state index is 0.338. The maximum absolute atomic E-state index is 2.80. The first-order valence-corrected chi connectivity index (χ1v) is 9.65. The van der Waals surface area contributed by atoms with E-state index in [1.165, 1.54) is 65.2 Å². The van der Waals surface area contributed by atoms with Crippen molar-refractivity contribution in [2.24, 2.45) is 5.92 Å². The second-order valence-corrected chi connectivity index (χ2v) is 8.91. The molecule has 4 heteroatoms. The Morgan fingerprint density at radius 2 is 1.65 bits per heavy atom. The smallest absolute Gasteiger partial charge is 0.0350 e. The summed E-state index contributed by atoms with van der Waals surface area (Å²) in [5, 5.41) is 0. The van der Waals surface area contributed by atoms with Gasteiger partial charge in [-0.25, -0.2) is 0 Å². The Hall–Kier alpha value is -0.160. The van der Waals surface area contributed by atoms with Crippen molar-refractivity contribution < 1.29 is 0 Å². The molecule has 0 bridgehead atoms. The Bertz CT molecular complexity index is 342. The number of piperazine rings is 1. The molecule has 0 aromatic rings. The highest BCUT2D eigenvalue weighted by Crippen LogP contribution is 2.25. The van der Waals surface area contributed by atoms with Crippen molar-refractivity contribution in [1.29, 1.82) is 0 Å². The van der Waals surface area contributed by atoms with Crippen LogP contribution in [0.15, 0.2) is 0 Å². The van der Waals surface area contributed by atoms with Gasteiger partial charge in [-0.15, -0.1) is 0 Å². The summed E-state index contributed by atoms with van der Waals surface area (Å²) in [4.78, 5) is 10.4. The van der Waals surface area contributed by atoms with Crippen molar-refractivity contribution in [3.05, 3.63) is 0 Å². The SMILES string of the molecule is CCN1CCN(CC2CCN(C(C)(C)C)CC2)[C@H](CN(C)C)C1. The average molecular weight is 325 g/mol. The van der Waals surface area contributed by atoms with E-state index in [-0.39, 0.29) is 0 Å². The van der Waals surface area contributed by atoms with Gasteiger partial charge in [0, 0.05) is 44.3 Å². The predicted molar refractivity (Wildman–Crippen MR) is 100 cm³/mol. The van der Waals surface area contributed by atoms with Crippen molar-refractivity contribution in [2.45, 2.75) is 52.1 Å². The Morgan fingerprint density at radius 3 is 2.17 bits per heavy atom. The van der Waals surface area contributed by atoms with Gasteiger partial charge >= 0.3 is 0 Å². The molecule has 0 aliphatic carbocycles. The molecular weight excluding hydrogens is 284 g/mol. The van der Waals surface area contributed by atoms with Gasteiger partial charge in [0.2, 0.25) is 0 Å². The number of rotatable bonds is 5. The van der Waals surface area contributed by atoms with Gasteiger partial charge in [-0.3, -0.25) is 9.80 Å². The number of hydrogen-bond acceptors (Lipinski definition) is 4. The third-order valence-electron chi connectivity index (χ3n) is 5.77. The average Bonchev–Trinajstić information content (AvgIpc) is 2.48. The van der Waals surface area contributed by atoms with Gasteiger partial charge < -0.3 is 9.80 Å². The highest BCUT2D eigenvalue weighted by molar-refractivity contribution is 4.87. The molecule has 23 heavy (non-hydrogen) atoms. The van der Waals surface area contributed by atoms with Crippen LogP contribution in [0.5, 0.6) is 0 Å². The molecule has 136 valence electrons. The first-order valence-electron chi connectivity index (χ1n) is 9.65. The van der Waals surface area contributed by atoms with Crippen LogP contribution < -0.4 is 0 Å². The highest BCUT2D eigenvalue weighted by Gasteiger charge is 2.31. The van der Waals surface area contributed by atoms with Crippen LogP contribution in [0.25, 0.3) is 0 Å². The van der Waals surface area contributed by atoms with E-state index < -0.39 is 0 Å². The fraction of sp³-hybridized carbons (Fsp3) is 1.00. The van der Waals surface area contributed by atoms with Crippen LogP contribution in [0.4, 0.5) is 0 Å². The van der Waals surface area contributed by atoms with E-state index in [2.05, 4.69) is 61.4 Å². The van der Waals surface area contributed by atoms with Gasteiger partial charge in [0.05, 0.1) is 0 Å². The molecule has 0 amide bonds. The summed E-state index contributed by atoms with van der Waals surface area (Å²) in [5.41, 5.74) is 0.338. The number of likely N-dealkylation sites (tertiary alicyclic amines) is 1. The van der Waals surface area contributed by atoms with Crippen LogP contribution in [-0.2, 0) is 0 Å². The molecule has 4 nitrogen and oxygen atoms in total. The van der Waals surface area contributed by atoms with Gasteiger partial charge in [0.1, 0.15) is 0 Å². The lowest BCUT2D eigenvalue weighted by atomic mass is 9.92. The van der Waals surface area contributed by atoms with Crippen molar-refractivity contribution in [3.8, 4) is 0 Å². The fourth-order valence-corrected chi connectivity index (χ4v) is 4.20. The number of nitrogens with zero attached hydrogens (tertiary/aromatic N) is 4. The topological polar surface area (TPSA) is 13.0 Å². The zero-order valence-electron chi connectivity index (χ0n) is 16.5. The number of hydrogen-bond donors (Lipinski definition) is 0. The summed E-state index contributed by atoms with van der Waals surface area (Å²) < 4.78 is 0. The molecule has 0 aromatic heterocycles. The Labute approximate surface area is 144 Å². The third kappa shape index (κ3) is 5.70. The lowest BCUT2D eigenvalue weighted by Crippen LogP contribution is -2.57. The maximum Gasteiger partial charge on any atom is 0.0350 e. The van der Waals surface area contributed by atoms with E-state index in [0.717, 1.165) is 5.92 Å². The summed E-state index contributed by atoms with van der Waals surface area (Å²) in [6.07, 6.45) is 2.75. The summed E-state index contributed by atoms with van der Waals surface area (Å²) in [7, 11) is 4.43. The Morgan fingerprint density at radius 1 is 1.00 bits per heavy atom. The van der Waals surface area contributed by atoms with Crippen molar-refractivity contribution in [1.82, 2.24) is 19.6 Å². The molecule has 1 atom stereocenters. The third-order valence-corrected chi connectivity index (χ3v) is 5.77. The van der Waals surface area contributed by atoms with Crippen molar-refractivity contribution in [3.63, 3.8) is 0 Å². The van der Waals surface area contributed by atoms with Gasteiger partial charge in [-0.2, -0.15) is 0 Å². The molecule has 0 aromatic carbocycles. The van der Waals surface area contributed by atoms with E-state index in [4.69, 9.17) is 0 Å². The molecule has 0 N–H and O–H groups in total. The molecule has 0 spiro atoms. The quantitative estimate of drug-likeness (QED) is 0.767. The number of piperidine rings is 1. The summed E-state index contributed by atoms with van der Waals surface area (Å²) in [5.74, 6) is 0.895. The van der Waals surface area contributed by atoms with E-state index in [0.29, 0.717) is 11.6 Å². The zero-order chi connectivity index (χ0) is 17.0. The second-order valence-electron chi connectivity index (χ2n) is 8.91. The fourth-order valence-electron chi connectivity index (χ4n) is 4.20. The zero-order valence-corrected chi connectivity index (χ0v) is 16.5. The van der Waals surface area contributed by atoms with Crippen molar-refractivity contribution in [2.75, 3.05) is 66.5 Å². The van der Waals surface area contributed by atoms with Gasteiger partial charge in [0.15, 0.2) is 0 Å². The summed E-state index contributed by atoms with van der Waals surface area (Å²) in [6.45, 7) is 19.4. The Kier molecular flexibility index (Phi) is 6.90. The minimum absolute atomic E-state index is 0.338. The van der Waals surface area contributed by atoms with Gasteiger partial charge in [-0.1, -0.05) is 6.92 Å². The van der Waals surface area contributed by atoms with E-state index in [9.17, 15) is 0 Å². The van der Waals surface area contributed by atoms with Crippen LogP contribution in [0.3, 0.4) is 0 Å². The normalized spacial score (nSPS) is 27.0. The van der Waals surface area contributed by atoms with Crippen molar-refractivity contribution >= 4 is 0 Å². The molecular formula is C19H40N4. The Balaban J connectivity index is 1.85. The van der Waals surface area contributed by atoms with Crippen LogP contribution >= 0.6 is 0 Å². The van der Waals surface area contributed by atoms with Gasteiger partial charge in [0.25, 0.3) is 0 Å². The largest absolute Gasteiger partial charge is 0.308 e. The molecule has 2 aliphatic heterocycles. The molecule has 2 heterocycles. The minimum Gasteiger partial charge on any atom is -0.308 e. The van der Waals surface area contributed by atoms with Crippen LogP contribution in [0.1, 0.15) is 40.5 Å². The van der Waals surface area contributed by atoms with E-state index in [1.807, 2.05) is 0 Å². The highest BCUT2D eigenvalue weighted by atomic mass is 15.3. The van der Waals surface area contributed by atoms with Crippen LogP contribution in [0, 0.1) is 5.92 Å². The standard InChI is InChI=1S/C19H40N4/c1-7-21-12-13-22(18(16-21)15-20(5)6)14-17-8-10-23(11-9-17)19(2,3)4/h17-18H,7-16H2,1-6H3/t18-/m1/s1. The molecule has 0 saturated carbocycles. The summed E-state index contributed by atoms with van der Waals surface area (Å²) in [6, 6.07) is 0.708. The van der Waals surface area contributed by atoms with Gasteiger partial charge in [-0.05, 0) is 73.3 Å². The predicted octanol–water partition coefficient (Wildman–Crippen LogP) is 2.06. The lowest BCUT2D eigenvalue weighted by molar-refractivity contribution is 0.0288. The first kappa shape index (κ1) is 19.2. The first-order chi connectivity index (χ1) is 10.8. The molecule has 0 unspecified atom stereocenters. The number of likely N-dealkylation sites (N-methyl/N-ethyl adjacent to an activating group) is 2. The second kappa shape index (κ2) is 8.28. The molecule has 2 aliphatic rings. The summed E-state index contributed by atoms with van der Waals surface area (Å²) >= 11 is 0. The molecule has 0 radical (unpaired) electrons. The molecule has 2 fully saturated rings. The van der Waals surface area contributed by atoms with Crippen LogP contribution in [-0.4, -0.2) is 97.6 Å².